The Balaban J connectivity index is 1.77. The van der Waals surface area contributed by atoms with E-state index < -0.39 is 0 Å². The van der Waals surface area contributed by atoms with Gasteiger partial charge in [-0.3, -0.25) is 9.59 Å². The van der Waals surface area contributed by atoms with Gasteiger partial charge in [-0.15, -0.1) is 0 Å². The lowest BCUT2D eigenvalue weighted by Gasteiger charge is -2.22. The van der Waals surface area contributed by atoms with Crippen molar-refractivity contribution in [1.82, 2.24) is 10.2 Å². The smallest absolute Gasteiger partial charge is 0.255 e. The van der Waals surface area contributed by atoms with Crippen LogP contribution in [0.1, 0.15) is 23.2 Å². The van der Waals surface area contributed by atoms with E-state index in [0.717, 1.165) is 6.42 Å². The van der Waals surface area contributed by atoms with Gasteiger partial charge in [0, 0.05) is 36.5 Å². The molecule has 2 saturated heterocycles. The summed E-state index contributed by atoms with van der Waals surface area (Å²) in [6.07, 6.45) is 1.35. The summed E-state index contributed by atoms with van der Waals surface area (Å²) in [5.74, 6) is -0.0216. The molecule has 0 radical (unpaired) electrons. The van der Waals surface area contributed by atoms with E-state index in [9.17, 15) is 9.59 Å². The van der Waals surface area contributed by atoms with Gasteiger partial charge in [-0.25, -0.2) is 0 Å². The van der Waals surface area contributed by atoms with E-state index in [1.807, 2.05) is 0 Å². The third-order valence-corrected chi connectivity index (χ3v) is 4.63. The average Bonchev–Trinajstić information content (AvgIpc) is 2.96. The van der Waals surface area contributed by atoms with Gasteiger partial charge >= 0.3 is 0 Å². The second kappa shape index (κ2) is 4.93. The van der Waals surface area contributed by atoms with Crippen molar-refractivity contribution in [2.45, 2.75) is 12.8 Å². The number of hydrogen-bond acceptors (Lipinski definition) is 2. The highest BCUT2D eigenvalue weighted by atomic mass is 35.5. The van der Waals surface area contributed by atoms with Crippen molar-refractivity contribution in [1.29, 1.82) is 0 Å². The molecular weight excluding hydrogens is 299 g/mol. The number of carbonyl (C=O) groups excluding carboxylic acids is 2. The molecule has 1 unspecified atom stereocenters. The highest BCUT2D eigenvalue weighted by Crippen LogP contribution is 2.37. The highest BCUT2D eigenvalue weighted by molar-refractivity contribution is 6.36. The van der Waals surface area contributed by atoms with Crippen LogP contribution in [-0.4, -0.2) is 36.3 Å². The maximum Gasteiger partial charge on any atom is 0.255 e. The van der Waals surface area contributed by atoms with Crippen LogP contribution >= 0.6 is 23.2 Å². The molecule has 0 aliphatic carbocycles. The Morgan fingerprint density at radius 2 is 2.15 bits per heavy atom. The molecular formula is C14H14Cl2N2O2. The molecule has 20 heavy (non-hydrogen) atoms. The fourth-order valence-corrected chi connectivity index (χ4v) is 3.47. The molecule has 1 N–H and O–H groups in total. The maximum absolute atomic E-state index is 12.5. The molecule has 1 aromatic carbocycles. The average molecular weight is 313 g/mol. The zero-order valence-corrected chi connectivity index (χ0v) is 12.3. The van der Waals surface area contributed by atoms with Crippen LogP contribution in [-0.2, 0) is 4.79 Å². The summed E-state index contributed by atoms with van der Waals surface area (Å²) in [4.78, 5) is 25.7. The van der Waals surface area contributed by atoms with Crippen molar-refractivity contribution in [3.63, 3.8) is 0 Å². The summed E-state index contributed by atoms with van der Waals surface area (Å²) in [6, 6.07) is 4.88. The summed E-state index contributed by atoms with van der Waals surface area (Å²) < 4.78 is 0. The van der Waals surface area contributed by atoms with Crippen molar-refractivity contribution in [2.24, 2.45) is 5.41 Å². The minimum absolute atomic E-state index is 0.0730. The summed E-state index contributed by atoms with van der Waals surface area (Å²) in [7, 11) is 0. The summed E-state index contributed by atoms with van der Waals surface area (Å²) in [5.41, 5.74) is 0.372. The molecule has 2 aliphatic heterocycles. The Kier molecular flexibility index (Phi) is 3.38. The summed E-state index contributed by atoms with van der Waals surface area (Å²) in [6.45, 7) is 1.92. The van der Waals surface area contributed by atoms with Gasteiger partial charge in [-0.2, -0.15) is 0 Å². The number of halogens is 2. The van der Waals surface area contributed by atoms with Crippen LogP contribution < -0.4 is 5.32 Å². The number of hydrogen-bond donors (Lipinski definition) is 1. The van der Waals surface area contributed by atoms with Crippen molar-refractivity contribution in [3.8, 4) is 0 Å². The molecule has 2 fully saturated rings. The standard InChI is InChI=1S/C14H14Cl2N2O2/c15-9-1-2-10(11(16)5-9)13(20)18-4-3-14(8-18)6-12(19)17-7-14/h1-2,5H,3-4,6-8H2,(H,17,19). The molecule has 6 heteroatoms. The van der Waals surface area contributed by atoms with Crippen LogP contribution in [0.4, 0.5) is 0 Å². The van der Waals surface area contributed by atoms with Gasteiger partial charge in [0.1, 0.15) is 0 Å². The molecule has 0 aromatic heterocycles. The molecule has 2 amide bonds. The van der Waals surface area contributed by atoms with Crippen molar-refractivity contribution in [2.75, 3.05) is 19.6 Å². The number of benzene rings is 1. The van der Waals surface area contributed by atoms with E-state index in [-0.39, 0.29) is 17.2 Å². The Labute approximate surface area is 127 Å². The topological polar surface area (TPSA) is 49.4 Å². The number of nitrogens with zero attached hydrogens (tertiary/aromatic N) is 1. The zero-order chi connectivity index (χ0) is 14.3. The fraction of sp³-hybridized carbons (Fsp3) is 0.429. The highest BCUT2D eigenvalue weighted by Gasteiger charge is 2.45. The molecule has 2 aliphatic rings. The number of amides is 2. The van der Waals surface area contributed by atoms with Gasteiger partial charge < -0.3 is 10.2 Å². The number of carbonyl (C=O) groups is 2. The van der Waals surface area contributed by atoms with Crippen LogP contribution in [0.15, 0.2) is 18.2 Å². The van der Waals surface area contributed by atoms with Gasteiger partial charge in [0.2, 0.25) is 5.91 Å². The monoisotopic (exact) mass is 312 g/mol. The predicted molar refractivity (Wildman–Crippen MR) is 77.0 cm³/mol. The molecule has 0 bridgehead atoms. The lowest BCUT2D eigenvalue weighted by molar-refractivity contribution is -0.119. The Morgan fingerprint density at radius 1 is 1.35 bits per heavy atom. The van der Waals surface area contributed by atoms with Crippen molar-refractivity contribution < 1.29 is 9.59 Å². The maximum atomic E-state index is 12.5. The largest absolute Gasteiger partial charge is 0.355 e. The summed E-state index contributed by atoms with van der Waals surface area (Å²) >= 11 is 11.9. The second-order valence-corrected chi connectivity index (χ2v) is 6.40. The number of nitrogens with one attached hydrogen (secondary N) is 1. The van der Waals surface area contributed by atoms with E-state index in [1.165, 1.54) is 0 Å². The Morgan fingerprint density at radius 3 is 2.80 bits per heavy atom. The van der Waals surface area contributed by atoms with Crippen LogP contribution in [0, 0.1) is 5.41 Å². The lowest BCUT2D eigenvalue weighted by Crippen LogP contribution is -2.33. The minimum atomic E-state index is -0.0945. The van der Waals surface area contributed by atoms with E-state index in [2.05, 4.69) is 5.32 Å². The van der Waals surface area contributed by atoms with Crippen molar-refractivity contribution >= 4 is 35.0 Å². The van der Waals surface area contributed by atoms with Crippen LogP contribution in [0.5, 0.6) is 0 Å². The number of rotatable bonds is 1. The molecule has 1 atom stereocenters. The van der Waals surface area contributed by atoms with Crippen molar-refractivity contribution in [3.05, 3.63) is 33.8 Å². The molecule has 0 saturated carbocycles. The lowest BCUT2D eigenvalue weighted by atomic mass is 9.86. The van der Waals surface area contributed by atoms with Gasteiger partial charge in [0.05, 0.1) is 10.6 Å². The zero-order valence-electron chi connectivity index (χ0n) is 10.8. The van der Waals surface area contributed by atoms with E-state index in [4.69, 9.17) is 23.2 Å². The van der Waals surface area contributed by atoms with Crippen LogP contribution in [0.2, 0.25) is 10.0 Å². The van der Waals surface area contributed by atoms with Gasteiger partial charge in [-0.05, 0) is 24.6 Å². The van der Waals surface area contributed by atoms with E-state index in [0.29, 0.717) is 41.7 Å². The molecule has 1 spiro atoms. The second-order valence-electron chi connectivity index (χ2n) is 5.55. The first kappa shape index (κ1) is 13.7. The normalized spacial score (nSPS) is 25.3. The molecule has 2 heterocycles. The molecule has 106 valence electrons. The predicted octanol–water partition coefficient (Wildman–Crippen LogP) is 2.35. The molecule has 1 aromatic rings. The molecule has 3 rings (SSSR count). The van der Waals surface area contributed by atoms with E-state index in [1.54, 1.807) is 23.1 Å². The first-order valence-electron chi connectivity index (χ1n) is 6.50. The Bertz CT molecular complexity index is 591. The minimum Gasteiger partial charge on any atom is -0.355 e. The van der Waals surface area contributed by atoms with E-state index >= 15 is 0 Å². The third-order valence-electron chi connectivity index (χ3n) is 4.08. The third kappa shape index (κ3) is 2.38. The quantitative estimate of drug-likeness (QED) is 0.865. The first-order chi connectivity index (χ1) is 9.49. The van der Waals surface area contributed by atoms with Gasteiger partial charge in [-0.1, -0.05) is 23.2 Å². The summed E-state index contributed by atoms with van der Waals surface area (Å²) in [5, 5.41) is 3.72. The number of likely N-dealkylation sites (tertiary alicyclic amines) is 1. The van der Waals surface area contributed by atoms with Crippen LogP contribution in [0.25, 0.3) is 0 Å². The first-order valence-corrected chi connectivity index (χ1v) is 7.26. The molecule has 4 nitrogen and oxygen atoms in total. The van der Waals surface area contributed by atoms with Gasteiger partial charge in [0.25, 0.3) is 5.91 Å². The fourth-order valence-electron chi connectivity index (χ4n) is 2.98. The Hall–Kier alpha value is -1.26. The van der Waals surface area contributed by atoms with Crippen LogP contribution in [0.3, 0.4) is 0 Å². The van der Waals surface area contributed by atoms with Gasteiger partial charge in [0.15, 0.2) is 0 Å². The SMILES string of the molecule is O=C1CC2(CCN(C(=O)c3ccc(Cl)cc3Cl)C2)CN1.